The molecule has 0 aliphatic carbocycles. The predicted octanol–water partition coefficient (Wildman–Crippen LogP) is 11.6. The van der Waals surface area contributed by atoms with Gasteiger partial charge in [-0.05, 0) is 82.8 Å². The topological polar surface area (TPSA) is 17.0 Å². The van der Waals surface area contributed by atoms with Crippen LogP contribution in [0.25, 0.3) is 30.0 Å². The van der Waals surface area contributed by atoms with Gasteiger partial charge in [-0.25, -0.2) is 0 Å². The zero-order chi connectivity index (χ0) is 30.9. The van der Waals surface area contributed by atoms with Crippen molar-refractivity contribution in [3.63, 3.8) is 0 Å². The van der Waals surface area contributed by atoms with Crippen LogP contribution in [0.2, 0.25) is 0 Å². The molecule has 0 aliphatic heterocycles. The molecule has 218 valence electrons. The SMILES string of the molecule is C=CC/C=C\C(C)=C(/C)N/C(=C/C=C\C(C)/C(C)=C/c1c(/C=C\C)c(C=C)n(C(=C)/C=C\C=C/C)c1C=C)C(C)C. The number of nitrogens with one attached hydrogen (secondary N) is 1. The maximum absolute atomic E-state index is 4.33. The summed E-state index contributed by atoms with van der Waals surface area (Å²) < 4.78 is 2.13. The summed E-state index contributed by atoms with van der Waals surface area (Å²) in [5, 5.41) is 3.62. The number of allylic oxidation sites excluding steroid dienone is 16. The minimum Gasteiger partial charge on any atom is -0.362 e. The zero-order valence-electron chi connectivity index (χ0n) is 26.8. The molecule has 0 aliphatic rings. The predicted molar refractivity (Wildman–Crippen MR) is 189 cm³/mol. The highest BCUT2D eigenvalue weighted by molar-refractivity contribution is 5.83. The normalized spacial score (nSPS) is 14.7. The van der Waals surface area contributed by atoms with Gasteiger partial charge >= 0.3 is 0 Å². The van der Waals surface area contributed by atoms with E-state index in [9.17, 15) is 0 Å². The maximum Gasteiger partial charge on any atom is 0.0534 e. The molecule has 0 fully saturated rings. The van der Waals surface area contributed by atoms with Gasteiger partial charge in [-0.1, -0.05) is 113 Å². The Morgan fingerprint density at radius 3 is 2.10 bits per heavy atom. The lowest BCUT2D eigenvalue weighted by Crippen LogP contribution is -2.16. The van der Waals surface area contributed by atoms with Crippen molar-refractivity contribution in [2.75, 3.05) is 0 Å². The van der Waals surface area contributed by atoms with E-state index in [4.69, 9.17) is 0 Å². The van der Waals surface area contributed by atoms with E-state index in [-0.39, 0.29) is 5.92 Å². The van der Waals surface area contributed by atoms with Gasteiger partial charge in [-0.2, -0.15) is 0 Å². The molecule has 0 radical (unpaired) electrons. The first-order chi connectivity index (χ1) is 19.6. The molecular weight excluding hydrogens is 496 g/mol. The Labute approximate surface area is 251 Å². The van der Waals surface area contributed by atoms with Crippen molar-refractivity contribution in [3.05, 3.63) is 138 Å². The van der Waals surface area contributed by atoms with E-state index in [2.05, 4.69) is 126 Å². The van der Waals surface area contributed by atoms with E-state index >= 15 is 0 Å². The summed E-state index contributed by atoms with van der Waals surface area (Å²) >= 11 is 0. The molecule has 1 aromatic rings. The van der Waals surface area contributed by atoms with Crippen LogP contribution in [-0.2, 0) is 0 Å². The van der Waals surface area contributed by atoms with Crippen molar-refractivity contribution in [2.24, 2.45) is 11.8 Å². The lowest BCUT2D eigenvalue weighted by atomic mass is 9.97. The summed E-state index contributed by atoms with van der Waals surface area (Å²) in [5.74, 6) is 0.612. The fourth-order valence-corrected chi connectivity index (χ4v) is 4.20. The minimum absolute atomic E-state index is 0.240. The molecule has 0 bridgehead atoms. The summed E-state index contributed by atoms with van der Waals surface area (Å²) in [6, 6.07) is 0. The summed E-state index contributed by atoms with van der Waals surface area (Å²) in [5.41, 5.74) is 9.91. The summed E-state index contributed by atoms with van der Waals surface area (Å²) in [6.45, 7) is 33.5. The van der Waals surface area contributed by atoms with Crippen LogP contribution < -0.4 is 5.32 Å². The zero-order valence-corrected chi connectivity index (χ0v) is 26.8. The molecule has 1 atom stereocenters. The van der Waals surface area contributed by atoms with Crippen molar-refractivity contribution < 1.29 is 0 Å². The van der Waals surface area contributed by atoms with Crippen LogP contribution in [-0.4, -0.2) is 4.57 Å². The molecule has 1 rings (SSSR count). The van der Waals surface area contributed by atoms with Gasteiger partial charge in [-0.3, -0.25) is 0 Å². The van der Waals surface area contributed by atoms with Gasteiger partial charge in [-0.15, -0.1) is 6.58 Å². The molecule has 1 heterocycles. The molecule has 2 heteroatoms. The lowest BCUT2D eigenvalue weighted by molar-refractivity contribution is 0.697. The van der Waals surface area contributed by atoms with E-state index in [0.717, 1.165) is 40.3 Å². The van der Waals surface area contributed by atoms with Crippen LogP contribution >= 0.6 is 0 Å². The third kappa shape index (κ3) is 10.5. The molecular formula is C39H52N2. The van der Waals surface area contributed by atoms with Gasteiger partial charge in [0.1, 0.15) is 0 Å². The van der Waals surface area contributed by atoms with E-state index in [0.29, 0.717) is 5.92 Å². The van der Waals surface area contributed by atoms with Crippen molar-refractivity contribution in [1.29, 1.82) is 0 Å². The Kier molecular flexibility index (Phi) is 15.6. The highest BCUT2D eigenvalue weighted by atomic mass is 15.0. The van der Waals surface area contributed by atoms with Crippen LogP contribution in [0.3, 0.4) is 0 Å². The van der Waals surface area contributed by atoms with Gasteiger partial charge < -0.3 is 9.88 Å². The monoisotopic (exact) mass is 548 g/mol. The first-order valence-electron chi connectivity index (χ1n) is 14.5. The van der Waals surface area contributed by atoms with Gasteiger partial charge in [0.05, 0.1) is 11.4 Å². The Hall–Kier alpha value is -4.04. The number of hydrogen-bond donors (Lipinski definition) is 1. The molecule has 41 heavy (non-hydrogen) atoms. The molecule has 0 amide bonds. The van der Waals surface area contributed by atoms with Gasteiger partial charge in [0.15, 0.2) is 0 Å². The molecule has 0 saturated carbocycles. The fraction of sp³-hybridized carbons (Fsp3) is 0.282. The number of hydrogen-bond acceptors (Lipinski definition) is 1. The summed E-state index contributed by atoms with van der Waals surface area (Å²) in [7, 11) is 0. The number of rotatable bonds is 16. The van der Waals surface area contributed by atoms with Crippen LogP contribution in [0.15, 0.2) is 116 Å². The van der Waals surface area contributed by atoms with E-state index < -0.39 is 0 Å². The fourth-order valence-electron chi connectivity index (χ4n) is 4.20. The highest BCUT2D eigenvalue weighted by Crippen LogP contribution is 2.33. The highest BCUT2D eigenvalue weighted by Gasteiger charge is 2.18. The molecule has 0 aromatic carbocycles. The van der Waals surface area contributed by atoms with Crippen LogP contribution in [0.5, 0.6) is 0 Å². The molecule has 2 nitrogen and oxygen atoms in total. The second-order valence-corrected chi connectivity index (χ2v) is 10.4. The van der Waals surface area contributed by atoms with E-state index in [1.807, 2.05) is 56.4 Å². The van der Waals surface area contributed by atoms with Crippen LogP contribution in [0, 0.1) is 11.8 Å². The standard InChI is InChI=1S/C39H52N2/c1-13-18-20-24-31(9)34(12)40-37(29(6)7)27-22-25-30(8)32(10)28-36-35(23-15-3)38(16-4)41(39(36)17-5)33(11)26-21-19-14-2/h13-17,19-30,40H,1,4-5,11,18H2,2-3,6-10,12H3/b19-14-,23-15-,24-20-,25-22-,26-21-,32-28+,34-31+,37-27+. The van der Waals surface area contributed by atoms with Gasteiger partial charge in [0.2, 0.25) is 0 Å². The molecule has 0 saturated heterocycles. The number of nitrogens with zero attached hydrogens (tertiary/aromatic N) is 1. The lowest BCUT2D eigenvalue weighted by Gasteiger charge is -2.16. The first kappa shape index (κ1) is 35.0. The van der Waals surface area contributed by atoms with Crippen LogP contribution in [0.4, 0.5) is 0 Å². The molecule has 1 aromatic heterocycles. The quantitative estimate of drug-likeness (QED) is 0.161. The third-order valence-electron chi connectivity index (χ3n) is 6.91. The second-order valence-electron chi connectivity index (χ2n) is 10.4. The second kappa shape index (κ2) is 18.3. The molecule has 0 spiro atoms. The maximum atomic E-state index is 4.33. The average molecular weight is 549 g/mol. The van der Waals surface area contributed by atoms with E-state index in [1.54, 1.807) is 0 Å². The summed E-state index contributed by atoms with van der Waals surface area (Å²) in [4.78, 5) is 0. The largest absolute Gasteiger partial charge is 0.362 e. The van der Waals surface area contributed by atoms with Crippen molar-refractivity contribution in [1.82, 2.24) is 9.88 Å². The Bertz CT molecular complexity index is 1320. The Balaban J connectivity index is 3.46. The Morgan fingerprint density at radius 1 is 0.878 bits per heavy atom. The van der Waals surface area contributed by atoms with Crippen molar-refractivity contribution in [2.45, 2.75) is 61.8 Å². The van der Waals surface area contributed by atoms with Gasteiger partial charge in [0, 0.05) is 28.2 Å². The third-order valence-corrected chi connectivity index (χ3v) is 6.91. The molecule has 1 N–H and O–H groups in total. The Morgan fingerprint density at radius 2 is 1.54 bits per heavy atom. The number of aromatic nitrogens is 1. The smallest absolute Gasteiger partial charge is 0.0534 e. The van der Waals surface area contributed by atoms with E-state index in [1.165, 1.54) is 16.8 Å². The van der Waals surface area contributed by atoms with Crippen molar-refractivity contribution in [3.8, 4) is 0 Å². The van der Waals surface area contributed by atoms with Gasteiger partial charge in [0.25, 0.3) is 0 Å². The van der Waals surface area contributed by atoms with Crippen molar-refractivity contribution >= 4 is 30.0 Å². The summed E-state index contributed by atoms with van der Waals surface area (Å²) in [6.07, 6.45) is 31.9. The minimum atomic E-state index is 0.240. The first-order valence-corrected chi connectivity index (χ1v) is 14.5. The molecule has 1 unspecified atom stereocenters. The van der Waals surface area contributed by atoms with Crippen LogP contribution in [0.1, 0.15) is 84.3 Å². The average Bonchev–Trinajstić information content (AvgIpc) is 3.24.